The van der Waals surface area contributed by atoms with Crippen molar-refractivity contribution in [1.29, 1.82) is 0 Å². The first kappa shape index (κ1) is 15.6. The van der Waals surface area contributed by atoms with Crippen LogP contribution in [0.15, 0.2) is 22.7 Å². The Balaban J connectivity index is 2.61. The summed E-state index contributed by atoms with van der Waals surface area (Å²) in [6, 6.07) is 5.70. The number of benzene rings is 1. The quantitative estimate of drug-likeness (QED) is 0.649. The fourth-order valence-corrected chi connectivity index (χ4v) is 2.38. The molecular formula is C15H23BrFN. The Morgan fingerprint density at radius 2 is 2.00 bits per heavy atom. The molecule has 0 aliphatic heterocycles. The highest BCUT2D eigenvalue weighted by molar-refractivity contribution is 9.10. The van der Waals surface area contributed by atoms with Crippen LogP contribution in [0.4, 0.5) is 4.39 Å². The molecule has 1 aromatic carbocycles. The molecule has 0 saturated carbocycles. The third-order valence-corrected chi connectivity index (χ3v) is 3.79. The molecule has 0 aliphatic rings. The van der Waals surface area contributed by atoms with Gasteiger partial charge in [-0.05, 0) is 46.6 Å². The molecule has 1 unspecified atom stereocenters. The lowest BCUT2D eigenvalue weighted by Gasteiger charge is -2.18. The van der Waals surface area contributed by atoms with Gasteiger partial charge in [0, 0.05) is 6.04 Å². The van der Waals surface area contributed by atoms with E-state index in [2.05, 4.69) is 35.1 Å². The van der Waals surface area contributed by atoms with Gasteiger partial charge in [-0.25, -0.2) is 4.39 Å². The topological polar surface area (TPSA) is 12.0 Å². The first-order chi connectivity index (χ1) is 8.69. The molecule has 1 atom stereocenters. The van der Waals surface area contributed by atoms with Gasteiger partial charge in [-0.3, -0.25) is 0 Å². The molecule has 3 heteroatoms. The van der Waals surface area contributed by atoms with Crippen LogP contribution < -0.4 is 5.32 Å². The van der Waals surface area contributed by atoms with Gasteiger partial charge in [-0.15, -0.1) is 0 Å². The van der Waals surface area contributed by atoms with Crippen LogP contribution in [0.2, 0.25) is 0 Å². The summed E-state index contributed by atoms with van der Waals surface area (Å²) in [5, 5.41) is 3.44. The first-order valence-electron chi connectivity index (χ1n) is 6.87. The normalized spacial score (nSPS) is 12.7. The SMILES string of the molecule is CCCCCCC(NCC)c1ccc(Br)c(F)c1. The Bertz CT molecular complexity index is 354. The predicted octanol–water partition coefficient (Wildman–Crippen LogP) is 5.21. The summed E-state index contributed by atoms with van der Waals surface area (Å²) in [4.78, 5) is 0. The van der Waals surface area contributed by atoms with Crippen molar-refractivity contribution in [3.63, 3.8) is 0 Å². The molecule has 0 heterocycles. The van der Waals surface area contributed by atoms with Crippen molar-refractivity contribution in [3.8, 4) is 0 Å². The zero-order valence-corrected chi connectivity index (χ0v) is 12.9. The van der Waals surface area contributed by atoms with Crippen LogP contribution >= 0.6 is 15.9 Å². The van der Waals surface area contributed by atoms with E-state index in [4.69, 9.17) is 0 Å². The summed E-state index contributed by atoms with van der Waals surface area (Å²) in [7, 11) is 0. The van der Waals surface area contributed by atoms with Gasteiger partial charge >= 0.3 is 0 Å². The highest BCUT2D eigenvalue weighted by Gasteiger charge is 2.11. The molecule has 0 aliphatic carbocycles. The molecule has 0 saturated heterocycles. The maximum Gasteiger partial charge on any atom is 0.137 e. The van der Waals surface area contributed by atoms with E-state index in [1.807, 2.05) is 6.07 Å². The summed E-state index contributed by atoms with van der Waals surface area (Å²) < 4.78 is 14.1. The van der Waals surface area contributed by atoms with Crippen molar-refractivity contribution in [2.45, 2.75) is 52.0 Å². The number of nitrogens with one attached hydrogen (secondary N) is 1. The molecule has 102 valence electrons. The Morgan fingerprint density at radius 3 is 2.61 bits per heavy atom. The van der Waals surface area contributed by atoms with E-state index in [1.165, 1.54) is 25.7 Å². The smallest absolute Gasteiger partial charge is 0.137 e. The van der Waals surface area contributed by atoms with Crippen molar-refractivity contribution in [2.75, 3.05) is 6.54 Å². The van der Waals surface area contributed by atoms with Gasteiger partial charge in [0.25, 0.3) is 0 Å². The average molecular weight is 316 g/mol. The zero-order chi connectivity index (χ0) is 13.4. The van der Waals surface area contributed by atoms with Crippen LogP contribution in [0.3, 0.4) is 0 Å². The highest BCUT2D eigenvalue weighted by Crippen LogP contribution is 2.24. The molecule has 1 N–H and O–H groups in total. The molecule has 0 fully saturated rings. The second-order valence-corrected chi connectivity index (χ2v) is 5.49. The van der Waals surface area contributed by atoms with E-state index in [9.17, 15) is 4.39 Å². The van der Waals surface area contributed by atoms with Crippen LogP contribution in [-0.4, -0.2) is 6.54 Å². The second-order valence-electron chi connectivity index (χ2n) is 4.63. The van der Waals surface area contributed by atoms with E-state index in [0.29, 0.717) is 4.47 Å². The minimum atomic E-state index is -0.177. The summed E-state index contributed by atoms with van der Waals surface area (Å²) in [6.07, 6.45) is 6.07. The number of hydrogen-bond donors (Lipinski definition) is 1. The van der Waals surface area contributed by atoms with Crippen LogP contribution in [0.25, 0.3) is 0 Å². The molecular weight excluding hydrogens is 293 g/mol. The van der Waals surface area contributed by atoms with E-state index in [1.54, 1.807) is 12.1 Å². The standard InChI is InChI=1S/C15H23BrFN/c1-3-5-6-7-8-15(18-4-2)12-9-10-13(16)14(17)11-12/h9-11,15,18H,3-8H2,1-2H3. The Morgan fingerprint density at radius 1 is 1.22 bits per heavy atom. The molecule has 1 nitrogen and oxygen atoms in total. The van der Waals surface area contributed by atoms with Crippen molar-refractivity contribution < 1.29 is 4.39 Å². The molecule has 18 heavy (non-hydrogen) atoms. The maximum atomic E-state index is 13.5. The maximum absolute atomic E-state index is 13.5. The number of rotatable bonds is 8. The first-order valence-corrected chi connectivity index (χ1v) is 7.66. The van der Waals surface area contributed by atoms with Crippen LogP contribution in [-0.2, 0) is 0 Å². The number of unbranched alkanes of at least 4 members (excludes halogenated alkanes) is 3. The van der Waals surface area contributed by atoms with Crippen LogP contribution in [0.5, 0.6) is 0 Å². The van der Waals surface area contributed by atoms with Gasteiger partial charge in [-0.2, -0.15) is 0 Å². The van der Waals surface area contributed by atoms with E-state index >= 15 is 0 Å². The molecule has 0 aromatic heterocycles. The average Bonchev–Trinajstić information content (AvgIpc) is 2.37. The van der Waals surface area contributed by atoms with Gasteiger partial charge in [-0.1, -0.05) is 45.6 Å². The van der Waals surface area contributed by atoms with Gasteiger partial charge in [0.15, 0.2) is 0 Å². The van der Waals surface area contributed by atoms with E-state index in [0.717, 1.165) is 18.5 Å². The minimum absolute atomic E-state index is 0.177. The van der Waals surface area contributed by atoms with E-state index < -0.39 is 0 Å². The van der Waals surface area contributed by atoms with Crippen molar-refractivity contribution in [3.05, 3.63) is 34.1 Å². The predicted molar refractivity (Wildman–Crippen MR) is 79.3 cm³/mol. The lowest BCUT2D eigenvalue weighted by atomic mass is 10.00. The van der Waals surface area contributed by atoms with Gasteiger partial charge in [0.1, 0.15) is 5.82 Å². The number of hydrogen-bond acceptors (Lipinski definition) is 1. The van der Waals surface area contributed by atoms with Crippen LogP contribution in [0.1, 0.15) is 57.6 Å². The molecule has 1 aromatic rings. The summed E-state index contributed by atoms with van der Waals surface area (Å²) in [5.74, 6) is -0.177. The molecule has 0 bridgehead atoms. The minimum Gasteiger partial charge on any atom is -0.310 e. The Kier molecular flexibility index (Phi) is 7.52. The van der Waals surface area contributed by atoms with Crippen molar-refractivity contribution >= 4 is 15.9 Å². The lowest BCUT2D eigenvalue weighted by Crippen LogP contribution is -2.21. The molecule has 1 rings (SSSR count). The third-order valence-electron chi connectivity index (χ3n) is 3.14. The summed E-state index contributed by atoms with van der Waals surface area (Å²) in [5.41, 5.74) is 1.05. The largest absolute Gasteiger partial charge is 0.310 e. The van der Waals surface area contributed by atoms with Crippen LogP contribution in [0, 0.1) is 5.82 Å². The molecule has 0 amide bonds. The lowest BCUT2D eigenvalue weighted by molar-refractivity contribution is 0.479. The summed E-state index contributed by atoms with van der Waals surface area (Å²) >= 11 is 3.20. The zero-order valence-electron chi connectivity index (χ0n) is 11.3. The summed E-state index contributed by atoms with van der Waals surface area (Å²) in [6.45, 7) is 5.22. The number of halogens is 2. The van der Waals surface area contributed by atoms with Gasteiger partial charge in [0.2, 0.25) is 0 Å². The Hall–Kier alpha value is -0.410. The van der Waals surface area contributed by atoms with E-state index in [-0.39, 0.29) is 11.9 Å². The van der Waals surface area contributed by atoms with Crippen molar-refractivity contribution in [2.24, 2.45) is 0 Å². The second kappa shape index (κ2) is 8.65. The fraction of sp³-hybridized carbons (Fsp3) is 0.600. The molecule has 0 spiro atoms. The third kappa shape index (κ3) is 5.07. The Labute approximate surface area is 118 Å². The highest BCUT2D eigenvalue weighted by atomic mass is 79.9. The van der Waals surface area contributed by atoms with Gasteiger partial charge in [0.05, 0.1) is 4.47 Å². The monoisotopic (exact) mass is 315 g/mol. The fourth-order valence-electron chi connectivity index (χ4n) is 2.14. The molecule has 0 radical (unpaired) electrons. The van der Waals surface area contributed by atoms with Crippen molar-refractivity contribution in [1.82, 2.24) is 5.32 Å². The van der Waals surface area contributed by atoms with Gasteiger partial charge < -0.3 is 5.32 Å².